The van der Waals surface area contributed by atoms with Gasteiger partial charge in [0.2, 0.25) is 5.91 Å². The molecule has 3 heterocycles. The summed E-state index contributed by atoms with van der Waals surface area (Å²) >= 11 is 2.45. The van der Waals surface area contributed by atoms with Crippen molar-refractivity contribution in [3.63, 3.8) is 0 Å². The van der Waals surface area contributed by atoms with E-state index in [1.165, 1.54) is 23.0 Å². The maximum atomic E-state index is 12.7. The molecule has 0 fully saturated rings. The van der Waals surface area contributed by atoms with E-state index < -0.39 is 11.2 Å². The Hall–Kier alpha value is -2.53. The minimum Gasteiger partial charge on any atom is -0.301 e. The lowest BCUT2D eigenvalue weighted by Crippen LogP contribution is -2.38. The van der Waals surface area contributed by atoms with Crippen LogP contribution < -0.4 is 16.6 Å². The molecule has 0 aliphatic rings. The molecule has 0 saturated carbocycles. The lowest BCUT2D eigenvalue weighted by molar-refractivity contribution is -0.113. The van der Waals surface area contributed by atoms with Crippen molar-refractivity contribution >= 4 is 45.2 Å². The van der Waals surface area contributed by atoms with E-state index in [0.717, 1.165) is 16.3 Å². The SMILES string of the molecule is CC(C)c1nc(SCC(=O)Nc2nccs2)c2c(=O)n(C)c(=O)n(C)c2n1. The number of thioether (sulfide) groups is 1. The van der Waals surface area contributed by atoms with Gasteiger partial charge in [0.25, 0.3) is 5.56 Å². The maximum Gasteiger partial charge on any atom is 0.332 e. The van der Waals surface area contributed by atoms with Crippen LogP contribution in [0.1, 0.15) is 25.6 Å². The number of hydrogen-bond donors (Lipinski definition) is 1. The van der Waals surface area contributed by atoms with Crippen LogP contribution >= 0.6 is 23.1 Å². The minimum atomic E-state index is -0.480. The van der Waals surface area contributed by atoms with E-state index >= 15 is 0 Å². The first-order valence-electron chi connectivity index (χ1n) is 8.09. The average Bonchev–Trinajstić information content (AvgIpc) is 3.14. The third-order valence-corrected chi connectivity index (χ3v) is 5.48. The number of thiazole rings is 1. The van der Waals surface area contributed by atoms with Crippen molar-refractivity contribution in [1.82, 2.24) is 24.1 Å². The number of amides is 1. The smallest absolute Gasteiger partial charge is 0.301 e. The molecule has 0 spiro atoms. The molecule has 0 atom stereocenters. The second-order valence-electron chi connectivity index (χ2n) is 6.12. The second kappa shape index (κ2) is 7.61. The van der Waals surface area contributed by atoms with E-state index in [9.17, 15) is 14.4 Å². The van der Waals surface area contributed by atoms with Crippen LogP contribution in [-0.2, 0) is 18.9 Å². The van der Waals surface area contributed by atoms with Crippen molar-refractivity contribution in [3.8, 4) is 0 Å². The fourth-order valence-electron chi connectivity index (χ4n) is 2.38. The van der Waals surface area contributed by atoms with Crippen LogP contribution in [0, 0.1) is 0 Å². The molecule has 3 aromatic heterocycles. The topological polar surface area (TPSA) is 112 Å². The molecule has 1 amide bonds. The lowest BCUT2D eigenvalue weighted by Gasteiger charge is -2.13. The molecule has 142 valence electrons. The largest absolute Gasteiger partial charge is 0.332 e. The number of nitrogens with zero attached hydrogens (tertiary/aromatic N) is 5. The molecule has 3 aromatic rings. The van der Waals surface area contributed by atoms with Crippen LogP contribution in [0.15, 0.2) is 26.2 Å². The quantitative estimate of drug-likeness (QED) is 0.503. The fourth-order valence-corrected chi connectivity index (χ4v) is 3.75. The zero-order chi connectivity index (χ0) is 19.7. The summed E-state index contributed by atoms with van der Waals surface area (Å²) in [4.78, 5) is 49.9. The number of carbonyl (C=O) groups is 1. The Morgan fingerprint density at radius 2 is 2.00 bits per heavy atom. The Labute approximate surface area is 162 Å². The first kappa shape index (κ1) is 19.2. The van der Waals surface area contributed by atoms with Crippen LogP contribution in [0.5, 0.6) is 0 Å². The van der Waals surface area contributed by atoms with E-state index in [1.807, 2.05) is 13.8 Å². The van der Waals surface area contributed by atoms with E-state index in [1.54, 1.807) is 18.6 Å². The number of carbonyl (C=O) groups excluding carboxylic acids is 1. The first-order valence-corrected chi connectivity index (χ1v) is 9.96. The summed E-state index contributed by atoms with van der Waals surface area (Å²) in [6.07, 6.45) is 1.60. The summed E-state index contributed by atoms with van der Waals surface area (Å²) in [6, 6.07) is 0. The number of nitrogens with one attached hydrogen (secondary N) is 1. The third-order valence-electron chi connectivity index (χ3n) is 3.82. The molecule has 0 bridgehead atoms. The molecule has 0 unspecified atom stereocenters. The van der Waals surface area contributed by atoms with Crippen LogP contribution in [0.25, 0.3) is 11.0 Å². The molecule has 27 heavy (non-hydrogen) atoms. The van der Waals surface area contributed by atoms with Crippen LogP contribution in [-0.4, -0.2) is 35.7 Å². The molecule has 1 N–H and O–H groups in total. The van der Waals surface area contributed by atoms with Crippen LogP contribution in [0.3, 0.4) is 0 Å². The normalized spacial score (nSPS) is 11.3. The summed E-state index contributed by atoms with van der Waals surface area (Å²) in [7, 11) is 2.97. The van der Waals surface area contributed by atoms with Gasteiger partial charge >= 0.3 is 5.69 Å². The number of rotatable bonds is 5. The molecule has 9 nitrogen and oxygen atoms in total. The van der Waals surface area contributed by atoms with Gasteiger partial charge in [0.1, 0.15) is 16.2 Å². The highest BCUT2D eigenvalue weighted by Gasteiger charge is 2.19. The van der Waals surface area contributed by atoms with Crippen LogP contribution in [0.4, 0.5) is 5.13 Å². The predicted molar refractivity (Wildman–Crippen MR) is 106 cm³/mol. The number of aromatic nitrogens is 5. The number of hydrogen-bond acceptors (Lipinski definition) is 8. The molecular weight excluding hydrogens is 388 g/mol. The van der Waals surface area contributed by atoms with E-state index in [0.29, 0.717) is 16.0 Å². The van der Waals surface area contributed by atoms with Gasteiger partial charge in [-0.25, -0.2) is 19.7 Å². The van der Waals surface area contributed by atoms with Gasteiger partial charge in [0.15, 0.2) is 10.8 Å². The maximum absolute atomic E-state index is 12.7. The molecule has 11 heteroatoms. The third kappa shape index (κ3) is 3.78. The molecule has 0 aromatic carbocycles. The monoisotopic (exact) mass is 406 g/mol. The summed E-state index contributed by atoms with van der Waals surface area (Å²) in [5.41, 5.74) is -0.672. The van der Waals surface area contributed by atoms with Crippen molar-refractivity contribution in [2.24, 2.45) is 14.1 Å². The Balaban J connectivity index is 2.04. The van der Waals surface area contributed by atoms with Gasteiger partial charge in [-0.15, -0.1) is 11.3 Å². The lowest BCUT2D eigenvalue weighted by atomic mass is 10.2. The fraction of sp³-hybridized carbons (Fsp3) is 0.375. The number of anilines is 1. The number of aryl methyl sites for hydroxylation is 1. The van der Waals surface area contributed by atoms with E-state index in [2.05, 4.69) is 20.3 Å². The highest BCUT2D eigenvalue weighted by Crippen LogP contribution is 2.24. The van der Waals surface area contributed by atoms with Crippen LogP contribution in [0.2, 0.25) is 0 Å². The Kier molecular flexibility index (Phi) is 5.42. The summed E-state index contributed by atoms with van der Waals surface area (Å²) in [5.74, 6) is 0.301. The van der Waals surface area contributed by atoms with Gasteiger partial charge in [0, 0.05) is 31.6 Å². The summed E-state index contributed by atoms with van der Waals surface area (Å²) in [6.45, 7) is 3.84. The average molecular weight is 406 g/mol. The standard InChI is InChI=1S/C16H18N6O3S2/c1-8(2)11-19-12-10(14(24)22(4)16(25)21(12)3)13(20-11)27-7-9(23)18-15-17-5-6-26-15/h5-6,8H,7H2,1-4H3,(H,17,18,23). The first-order chi connectivity index (χ1) is 12.8. The predicted octanol–water partition coefficient (Wildman–Crippen LogP) is 1.34. The van der Waals surface area contributed by atoms with E-state index in [-0.39, 0.29) is 28.6 Å². The van der Waals surface area contributed by atoms with Gasteiger partial charge in [-0.2, -0.15) is 0 Å². The Bertz CT molecular complexity index is 1120. The van der Waals surface area contributed by atoms with Crippen molar-refractivity contribution in [1.29, 1.82) is 0 Å². The molecule has 0 aliphatic heterocycles. The van der Waals surface area contributed by atoms with Gasteiger partial charge in [0.05, 0.1) is 5.75 Å². The highest BCUT2D eigenvalue weighted by atomic mass is 32.2. The Morgan fingerprint density at radius 3 is 2.63 bits per heavy atom. The second-order valence-corrected chi connectivity index (χ2v) is 7.98. The van der Waals surface area contributed by atoms with Gasteiger partial charge in [-0.05, 0) is 0 Å². The summed E-state index contributed by atoms with van der Waals surface area (Å²) in [5, 5.41) is 5.58. The molecule has 0 saturated heterocycles. The highest BCUT2D eigenvalue weighted by molar-refractivity contribution is 8.00. The van der Waals surface area contributed by atoms with E-state index in [4.69, 9.17) is 0 Å². The zero-order valence-electron chi connectivity index (χ0n) is 15.2. The number of fused-ring (bicyclic) bond motifs is 1. The van der Waals surface area contributed by atoms with Gasteiger partial charge in [-0.1, -0.05) is 25.6 Å². The van der Waals surface area contributed by atoms with Crippen molar-refractivity contribution in [2.75, 3.05) is 11.1 Å². The van der Waals surface area contributed by atoms with Crippen molar-refractivity contribution < 1.29 is 4.79 Å². The summed E-state index contributed by atoms with van der Waals surface area (Å²) < 4.78 is 2.34. The van der Waals surface area contributed by atoms with Crippen molar-refractivity contribution in [2.45, 2.75) is 24.8 Å². The molecular formula is C16H18N6O3S2. The van der Waals surface area contributed by atoms with Gasteiger partial charge in [-0.3, -0.25) is 18.7 Å². The minimum absolute atomic E-state index is 0.00273. The molecule has 0 radical (unpaired) electrons. The Morgan fingerprint density at radius 1 is 1.26 bits per heavy atom. The molecule has 3 rings (SSSR count). The zero-order valence-corrected chi connectivity index (χ0v) is 16.8. The molecule has 0 aliphatic carbocycles. The van der Waals surface area contributed by atoms with Crippen molar-refractivity contribution in [3.05, 3.63) is 38.2 Å². The van der Waals surface area contributed by atoms with Gasteiger partial charge < -0.3 is 5.32 Å².